The first-order valence-electron chi connectivity index (χ1n) is 8.82. The molecule has 0 aromatic rings. The van der Waals surface area contributed by atoms with Crippen LogP contribution in [0.1, 0.15) is 77.0 Å². The lowest BCUT2D eigenvalue weighted by molar-refractivity contribution is -0.126. The van der Waals surface area contributed by atoms with Gasteiger partial charge in [-0.2, -0.15) is 0 Å². The monoisotopic (exact) mass is 275 g/mol. The summed E-state index contributed by atoms with van der Waals surface area (Å²) >= 11 is 0. The molecule has 3 rings (SSSR count). The van der Waals surface area contributed by atoms with Crippen molar-refractivity contribution in [3.63, 3.8) is 0 Å². The van der Waals surface area contributed by atoms with Crippen LogP contribution in [-0.2, 0) is 4.79 Å². The molecule has 0 aromatic carbocycles. The molecule has 3 aliphatic rings. The van der Waals surface area contributed by atoms with Gasteiger partial charge in [0.25, 0.3) is 0 Å². The molecule has 20 heavy (non-hydrogen) atoms. The van der Waals surface area contributed by atoms with Gasteiger partial charge in [-0.15, -0.1) is 0 Å². The van der Waals surface area contributed by atoms with Crippen LogP contribution in [-0.4, -0.2) is 29.3 Å². The van der Waals surface area contributed by atoms with Crippen molar-refractivity contribution in [1.82, 2.24) is 4.90 Å². The highest BCUT2D eigenvalue weighted by Crippen LogP contribution is 2.40. The van der Waals surface area contributed by atoms with E-state index in [9.17, 15) is 4.79 Å². The van der Waals surface area contributed by atoms with Gasteiger partial charge in [-0.05, 0) is 70.0 Å². The zero-order valence-corrected chi connectivity index (χ0v) is 12.8. The van der Waals surface area contributed by atoms with Crippen LogP contribution in [0.3, 0.4) is 0 Å². The largest absolute Gasteiger partial charge is 0.292 e. The number of allylic oxidation sites excluding steroid dienone is 1. The molecule has 1 aliphatic heterocycles. The van der Waals surface area contributed by atoms with Gasteiger partial charge in [-0.3, -0.25) is 9.69 Å². The van der Waals surface area contributed by atoms with E-state index in [1.807, 2.05) is 0 Å². The number of carbonyl (C=O) groups is 1. The number of likely N-dealkylation sites (tertiary alicyclic amines) is 1. The van der Waals surface area contributed by atoms with Crippen molar-refractivity contribution in [3.8, 4) is 0 Å². The summed E-state index contributed by atoms with van der Waals surface area (Å²) in [6, 6.07) is 0. The Morgan fingerprint density at radius 3 is 2.35 bits per heavy atom. The summed E-state index contributed by atoms with van der Waals surface area (Å²) in [6.45, 7) is 2.30. The smallest absolute Gasteiger partial charge is 0.178 e. The molecule has 1 heterocycles. The van der Waals surface area contributed by atoms with E-state index in [-0.39, 0.29) is 5.54 Å². The predicted octanol–water partition coefficient (Wildman–Crippen LogP) is 4.24. The second kappa shape index (κ2) is 6.43. The normalized spacial score (nSPS) is 27.9. The molecule has 0 aromatic heterocycles. The fourth-order valence-corrected chi connectivity index (χ4v) is 4.49. The van der Waals surface area contributed by atoms with Crippen LogP contribution in [0.15, 0.2) is 11.6 Å². The quantitative estimate of drug-likeness (QED) is 0.767. The van der Waals surface area contributed by atoms with E-state index in [2.05, 4.69) is 11.0 Å². The summed E-state index contributed by atoms with van der Waals surface area (Å²) in [5.41, 5.74) is 1.08. The van der Waals surface area contributed by atoms with Crippen LogP contribution in [0, 0.1) is 0 Å². The number of rotatable bonds is 3. The molecule has 0 radical (unpaired) electrons. The fourth-order valence-electron chi connectivity index (χ4n) is 4.49. The molecule has 2 heteroatoms. The molecule has 2 nitrogen and oxygen atoms in total. The molecule has 112 valence electrons. The number of hydrogen-bond acceptors (Lipinski definition) is 2. The summed E-state index contributed by atoms with van der Waals surface area (Å²) in [5.74, 6) is 0.513. The van der Waals surface area contributed by atoms with Gasteiger partial charge in [-0.25, -0.2) is 0 Å². The summed E-state index contributed by atoms with van der Waals surface area (Å²) in [7, 11) is 0. The topological polar surface area (TPSA) is 20.3 Å². The Labute approximate surface area is 123 Å². The minimum absolute atomic E-state index is 0.0957. The maximum absolute atomic E-state index is 13.3. The Morgan fingerprint density at radius 2 is 1.60 bits per heavy atom. The Kier molecular flexibility index (Phi) is 4.60. The van der Waals surface area contributed by atoms with E-state index < -0.39 is 0 Å². The zero-order chi connectivity index (χ0) is 13.8. The van der Waals surface area contributed by atoms with Crippen molar-refractivity contribution >= 4 is 5.78 Å². The molecule has 0 amide bonds. The third-order valence-electron chi connectivity index (χ3n) is 5.65. The van der Waals surface area contributed by atoms with E-state index in [1.165, 1.54) is 56.9 Å². The molecule has 0 bridgehead atoms. The highest BCUT2D eigenvalue weighted by Gasteiger charge is 2.47. The lowest BCUT2D eigenvalue weighted by Crippen LogP contribution is -2.52. The van der Waals surface area contributed by atoms with Gasteiger partial charge in [0.1, 0.15) is 0 Å². The van der Waals surface area contributed by atoms with Crippen LogP contribution in [0.2, 0.25) is 0 Å². The molecule has 0 unspecified atom stereocenters. The van der Waals surface area contributed by atoms with E-state index in [4.69, 9.17) is 0 Å². The van der Waals surface area contributed by atoms with Crippen LogP contribution in [0.5, 0.6) is 0 Å². The lowest BCUT2D eigenvalue weighted by Gasteiger charge is -2.38. The van der Waals surface area contributed by atoms with Crippen molar-refractivity contribution in [3.05, 3.63) is 11.6 Å². The average Bonchev–Trinajstić information content (AvgIpc) is 3.10. The van der Waals surface area contributed by atoms with Crippen molar-refractivity contribution in [2.45, 2.75) is 82.6 Å². The summed E-state index contributed by atoms with van der Waals surface area (Å²) in [4.78, 5) is 15.8. The molecule has 1 saturated carbocycles. The molecular formula is C18H29NO. The van der Waals surface area contributed by atoms with Crippen LogP contribution in [0.25, 0.3) is 0 Å². The first-order chi connectivity index (χ1) is 9.83. The predicted molar refractivity (Wildman–Crippen MR) is 82.8 cm³/mol. The minimum Gasteiger partial charge on any atom is -0.292 e. The van der Waals surface area contributed by atoms with Gasteiger partial charge in [-0.1, -0.05) is 31.8 Å². The van der Waals surface area contributed by atoms with Crippen LogP contribution < -0.4 is 0 Å². The number of Topliss-reactive ketones (excluding diaryl/α,β-unsaturated/α-hetero) is 1. The molecular weight excluding hydrogens is 246 g/mol. The van der Waals surface area contributed by atoms with E-state index in [0.717, 1.165) is 38.8 Å². The molecule has 0 atom stereocenters. The Morgan fingerprint density at radius 1 is 0.900 bits per heavy atom. The first-order valence-corrected chi connectivity index (χ1v) is 8.82. The van der Waals surface area contributed by atoms with Crippen molar-refractivity contribution in [2.75, 3.05) is 13.1 Å². The summed E-state index contributed by atoms with van der Waals surface area (Å²) in [6.07, 6.45) is 16.9. The van der Waals surface area contributed by atoms with E-state index >= 15 is 0 Å². The van der Waals surface area contributed by atoms with Crippen molar-refractivity contribution < 1.29 is 4.79 Å². The molecule has 0 spiro atoms. The number of hydrogen-bond donors (Lipinski definition) is 0. The van der Waals surface area contributed by atoms with Crippen molar-refractivity contribution in [2.24, 2.45) is 0 Å². The SMILES string of the molecule is O=C(C1=CCCCCCC1)C1(N2CCCC2)CCCC1. The molecule has 2 fully saturated rings. The average molecular weight is 275 g/mol. The third-order valence-corrected chi connectivity index (χ3v) is 5.65. The van der Waals surface area contributed by atoms with E-state index in [0.29, 0.717) is 5.78 Å². The number of ketones is 1. The standard InChI is InChI=1S/C18H29NO/c20-17(16-10-4-2-1-3-5-11-16)18(12-6-7-13-18)19-14-8-9-15-19/h10H,1-9,11-15H2. The zero-order valence-electron chi connectivity index (χ0n) is 12.8. The fraction of sp³-hybridized carbons (Fsp3) is 0.833. The highest BCUT2D eigenvalue weighted by molar-refractivity contribution is 6.02. The van der Waals surface area contributed by atoms with Gasteiger partial charge in [0.05, 0.1) is 5.54 Å². The third kappa shape index (κ3) is 2.72. The van der Waals surface area contributed by atoms with Crippen molar-refractivity contribution in [1.29, 1.82) is 0 Å². The maximum atomic E-state index is 13.3. The van der Waals surface area contributed by atoms with Gasteiger partial charge < -0.3 is 0 Å². The second-order valence-electron chi connectivity index (χ2n) is 6.94. The second-order valence-corrected chi connectivity index (χ2v) is 6.94. The lowest BCUT2D eigenvalue weighted by atomic mass is 9.83. The molecule has 0 N–H and O–H groups in total. The maximum Gasteiger partial charge on any atom is 0.178 e. The van der Waals surface area contributed by atoms with Gasteiger partial charge in [0, 0.05) is 0 Å². The Hall–Kier alpha value is -0.630. The van der Waals surface area contributed by atoms with Gasteiger partial charge in [0.2, 0.25) is 0 Å². The number of nitrogens with zero attached hydrogens (tertiary/aromatic N) is 1. The highest BCUT2D eigenvalue weighted by atomic mass is 16.1. The first kappa shape index (κ1) is 14.3. The van der Waals surface area contributed by atoms with Gasteiger partial charge in [0.15, 0.2) is 5.78 Å². The van der Waals surface area contributed by atoms with Crippen LogP contribution >= 0.6 is 0 Å². The molecule has 1 saturated heterocycles. The van der Waals surface area contributed by atoms with Gasteiger partial charge >= 0.3 is 0 Å². The number of carbonyl (C=O) groups excluding carboxylic acids is 1. The summed E-state index contributed by atoms with van der Waals surface area (Å²) in [5, 5.41) is 0. The Bertz CT molecular complexity index is 373. The molecule has 2 aliphatic carbocycles. The Balaban J connectivity index is 1.81. The van der Waals surface area contributed by atoms with Crippen LogP contribution in [0.4, 0.5) is 0 Å². The summed E-state index contributed by atoms with van der Waals surface area (Å²) < 4.78 is 0. The minimum atomic E-state index is -0.0957. The van der Waals surface area contributed by atoms with E-state index in [1.54, 1.807) is 0 Å².